The molecule has 0 bridgehead atoms. The molecule has 0 saturated carbocycles. The van der Waals surface area contributed by atoms with Gasteiger partial charge in [0.25, 0.3) is 11.8 Å². The van der Waals surface area contributed by atoms with Crippen molar-refractivity contribution < 1.29 is 14.0 Å². The summed E-state index contributed by atoms with van der Waals surface area (Å²) in [6.45, 7) is 1.98. The monoisotopic (exact) mass is 330 g/mol. The number of carbonyl (C=O) groups is 2. The average molecular weight is 330 g/mol. The summed E-state index contributed by atoms with van der Waals surface area (Å²) in [5.41, 5.74) is 0.447. The molecule has 23 heavy (non-hydrogen) atoms. The van der Waals surface area contributed by atoms with E-state index in [1.54, 1.807) is 28.1 Å². The Kier molecular flexibility index (Phi) is 3.38. The summed E-state index contributed by atoms with van der Waals surface area (Å²) in [4.78, 5) is 33.3. The van der Waals surface area contributed by atoms with Gasteiger partial charge in [-0.15, -0.1) is 11.3 Å². The maximum absolute atomic E-state index is 12.5. The Hall–Kier alpha value is -2.61. The van der Waals surface area contributed by atoms with E-state index >= 15 is 0 Å². The Balaban J connectivity index is 1.42. The lowest BCUT2D eigenvalue weighted by Gasteiger charge is -2.33. The van der Waals surface area contributed by atoms with Gasteiger partial charge >= 0.3 is 0 Å². The van der Waals surface area contributed by atoms with Crippen molar-refractivity contribution in [2.45, 2.75) is 0 Å². The molecule has 8 heteroatoms. The van der Waals surface area contributed by atoms with Crippen LogP contribution in [-0.2, 0) is 0 Å². The molecule has 118 valence electrons. The van der Waals surface area contributed by atoms with Gasteiger partial charge in [0.15, 0.2) is 10.7 Å². The van der Waals surface area contributed by atoms with E-state index in [4.69, 9.17) is 4.42 Å². The molecule has 3 aromatic rings. The molecule has 0 aromatic carbocycles. The average Bonchev–Trinajstić information content (AvgIpc) is 3.29. The smallest absolute Gasteiger partial charge is 0.289 e. The van der Waals surface area contributed by atoms with Crippen molar-refractivity contribution in [3.63, 3.8) is 0 Å². The Morgan fingerprint density at radius 3 is 2.52 bits per heavy atom. The molecule has 0 radical (unpaired) electrons. The summed E-state index contributed by atoms with van der Waals surface area (Å²) in [7, 11) is 0. The van der Waals surface area contributed by atoms with Crippen LogP contribution in [0.2, 0.25) is 0 Å². The van der Waals surface area contributed by atoms with Crippen molar-refractivity contribution in [2.24, 2.45) is 0 Å². The second-order valence-corrected chi connectivity index (χ2v) is 6.15. The third kappa shape index (κ3) is 2.50. The molecule has 0 atom stereocenters. The van der Waals surface area contributed by atoms with Crippen LogP contribution < -0.4 is 0 Å². The van der Waals surface area contributed by atoms with Gasteiger partial charge in [-0.2, -0.15) is 0 Å². The Morgan fingerprint density at radius 2 is 1.87 bits per heavy atom. The third-order valence-electron chi connectivity index (χ3n) is 3.90. The number of hydrogen-bond acceptors (Lipinski definition) is 5. The first-order valence-electron chi connectivity index (χ1n) is 7.26. The lowest BCUT2D eigenvalue weighted by molar-refractivity contribution is 0.0515. The quantitative estimate of drug-likeness (QED) is 0.715. The molecular formula is C15H14N4O3S. The summed E-state index contributed by atoms with van der Waals surface area (Å²) < 4.78 is 6.98. The minimum atomic E-state index is -0.135. The van der Waals surface area contributed by atoms with Gasteiger partial charge in [-0.1, -0.05) is 0 Å². The zero-order chi connectivity index (χ0) is 15.8. The van der Waals surface area contributed by atoms with Crippen molar-refractivity contribution >= 4 is 28.1 Å². The van der Waals surface area contributed by atoms with Crippen LogP contribution >= 0.6 is 11.3 Å². The topological polar surface area (TPSA) is 71.1 Å². The number of aromatic nitrogens is 2. The molecule has 0 aliphatic carbocycles. The van der Waals surface area contributed by atoms with Crippen molar-refractivity contribution in [1.82, 2.24) is 19.2 Å². The minimum absolute atomic E-state index is 0.0917. The number of imidazole rings is 1. The Morgan fingerprint density at radius 1 is 1.13 bits per heavy atom. The molecule has 1 fully saturated rings. The summed E-state index contributed by atoms with van der Waals surface area (Å²) in [6, 6.07) is 3.34. The first kappa shape index (κ1) is 14.0. The Bertz CT molecular complexity index is 815. The molecule has 3 aromatic heterocycles. The van der Waals surface area contributed by atoms with E-state index in [1.165, 1.54) is 17.6 Å². The molecule has 7 nitrogen and oxygen atoms in total. The standard InChI is InChI=1S/C15H14N4O3S/c20-13(11-10-19-7-9-23-15(19)16-11)17-3-5-18(6-4-17)14(21)12-2-1-8-22-12/h1-2,7-10H,3-6H2. The van der Waals surface area contributed by atoms with E-state index < -0.39 is 0 Å². The van der Waals surface area contributed by atoms with E-state index in [-0.39, 0.29) is 11.8 Å². The van der Waals surface area contributed by atoms with Crippen molar-refractivity contribution in [3.05, 3.63) is 47.6 Å². The van der Waals surface area contributed by atoms with Crippen molar-refractivity contribution in [1.29, 1.82) is 0 Å². The third-order valence-corrected chi connectivity index (χ3v) is 4.67. The highest BCUT2D eigenvalue weighted by molar-refractivity contribution is 7.15. The summed E-state index contributed by atoms with van der Waals surface area (Å²) in [5, 5.41) is 1.93. The van der Waals surface area contributed by atoms with Gasteiger partial charge in [-0.05, 0) is 12.1 Å². The van der Waals surface area contributed by atoms with E-state index in [0.717, 1.165) is 4.96 Å². The molecule has 4 heterocycles. The zero-order valence-corrected chi connectivity index (χ0v) is 13.0. The largest absolute Gasteiger partial charge is 0.459 e. The fourth-order valence-corrected chi connectivity index (χ4v) is 3.36. The minimum Gasteiger partial charge on any atom is -0.459 e. The fraction of sp³-hybridized carbons (Fsp3) is 0.267. The maximum Gasteiger partial charge on any atom is 0.289 e. The normalized spacial score (nSPS) is 15.3. The summed E-state index contributed by atoms with van der Waals surface area (Å²) in [5.74, 6) is 0.106. The zero-order valence-electron chi connectivity index (χ0n) is 12.2. The first-order valence-corrected chi connectivity index (χ1v) is 8.14. The van der Waals surface area contributed by atoms with Crippen LogP contribution in [0.3, 0.4) is 0 Å². The van der Waals surface area contributed by atoms with Gasteiger partial charge in [-0.3, -0.25) is 14.0 Å². The van der Waals surface area contributed by atoms with E-state index in [1.807, 2.05) is 16.0 Å². The van der Waals surface area contributed by atoms with Crippen LogP contribution in [0.25, 0.3) is 4.96 Å². The fourth-order valence-electron chi connectivity index (χ4n) is 2.66. The second kappa shape index (κ2) is 5.54. The van der Waals surface area contributed by atoms with Crippen LogP contribution in [0.1, 0.15) is 21.0 Å². The van der Waals surface area contributed by atoms with Crippen LogP contribution in [0.4, 0.5) is 0 Å². The van der Waals surface area contributed by atoms with Crippen LogP contribution in [0.5, 0.6) is 0 Å². The van der Waals surface area contributed by atoms with Gasteiger partial charge in [0.05, 0.1) is 6.26 Å². The number of hydrogen-bond donors (Lipinski definition) is 0. The first-order chi connectivity index (χ1) is 11.2. The van der Waals surface area contributed by atoms with Crippen molar-refractivity contribution in [3.8, 4) is 0 Å². The molecule has 1 aliphatic rings. The lowest BCUT2D eigenvalue weighted by atomic mass is 10.2. The molecule has 0 spiro atoms. The van der Waals surface area contributed by atoms with Gasteiger partial charge < -0.3 is 14.2 Å². The predicted octanol–water partition coefficient (Wildman–Crippen LogP) is 1.59. The predicted molar refractivity (Wildman–Crippen MR) is 83.6 cm³/mol. The maximum atomic E-state index is 12.5. The van der Waals surface area contributed by atoms with Crippen LogP contribution in [0, 0.1) is 0 Å². The van der Waals surface area contributed by atoms with Crippen LogP contribution in [-0.4, -0.2) is 57.2 Å². The molecule has 1 saturated heterocycles. The van der Waals surface area contributed by atoms with E-state index in [0.29, 0.717) is 37.6 Å². The molecule has 0 N–H and O–H groups in total. The molecule has 1 aliphatic heterocycles. The molecule has 2 amide bonds. The SMILES string of the molecule is O=C(c1cn2ccsc2n1)N1CCN(C(=O)c2ccco2)CC1. The highest BCUT2D eigenvalue weighted by Gasteiger charge is 2.27. The molecule has 0 unspecified atom stereocenters. The van der Waals surface area contributed by atoms with E-state index in [9.17, 15) is 9.59 Å². The number of thiazole rings is 1. The summed E-state index contributed by atoms with van der Waals surface area (Å²) >= 11 is 1.49. The number of rotatable bonds is 2. The van der Waals surface area contributed by atoms with Crippen molar-refractivity contribution in [2.75, 3.05) is 26.2 Å². The number of furan rings is 1. The Labute approximate surface area is 135 Å². The molecule has 4 rings (SSSR count). The van der Waals surface area contributed by atoms with Gasteiger partial charge in [0.2, 0.25) is 0 Å². The summed E-state index contributed by atoms with van der Waals surface area (Å²) in [6.07, 6.45) is 5.11. The van der Waals surface area contributed by atoms with Gasteiger partial charge in [-0.25, -0.2) is 4.98 Å². The number of piperazine rings is 1. The van der Waals surface area contributed by atoms with Gasteiger partial charge in [0, 0.05) is 44.0 Å². The number of fused-ring (bicyclic) bond motifs is 1. The highest BCUT2D eigenvalue weighted by atomic mass is 32.1. The highest BCUT2D eigenvalue weighted by Crippen LogP contribution is 2.15. The molecular weight excluding hydrogens is 316 g/mol. The number of carbonyl (C=O) groups excluding carboxylic acids is 2. The lowest BCUT2D eigenvalue weighted by Crippen LogP contribution is -2.50. The van der Waals surface area contributed by atoms with Crippen LogP contribution in [0.15, 0.2) is 40.6 Å². The number of amides is 2. The number of nitrogens with zero attached hydrogens (tertiary/aromatic N) is 4. The van der Waals surface area contributed by atoms with Gasteiger partial charge in [0.1, 0.15) is 5.69 Å². The van der Waals surface area contributed by atoms with E-state index in [2.05, 4.69) is 4.98 Å². The second-order valence-electron chi connectivity index (χ2n) is 5.28.